The Hall–Kier alpha value is -1.84. The van der Waals surface area contributed by atoms with Crippen molar-refractivity contribution < 1.29 is 19.1 Å². The molecule has 1 aromatic rings. The summed E-state index contributed by atoms with van der Waals surface area (Å²) >= 11 is 0. The molecule has 0 spiro atoms. The smallest absolute Gasteiger partial charge is 0.313 e. The largest absolute Gasteiger partial charge is 0.463 e. The third kappa shape index (κ3) is 7.72. The molecule has 1 rings (SSSR count). The van der Waals surface area contributed by atoms with Crippen LogP contribution in [0.5, 0.6) is 0 Å². The van der Waals surface area contributed by atoms with E-state index in [0.717, 1.165) is 24.8 Å². The summed E-state index contributed by atoms with van der Waals surface area (Å²) < 4.78 is 11.0. The second kappa shape index (κ2) is 10.9. The van der Waals surface area contributed by atoms with Crippen LogP contribution in [0.25, 0.3) is 0 Å². The average molecular weight is 348 g/mol. The van der Waals surface area contributed by atoms with Crippen LogP contribution in [0.1, 0.15) is 71.8 Å². The summed E-state index contributed by atoms with van der Waals surface area (Å²) in [6.45, 7) is 9.56. The van der Waals surface area contributed by atoms with E-state index in [9.17, 15) is 9.59 Å². The number of carbonyl (C=O) groups excluding carboxylic acids is 2. The normalized spacial score (nSPS) is 14.6. The van der Waals surface area contributed by atoms with E-state index < -0.39 is 0 Å². The van der Waals surface area contributed by atoms with Gasteiger partial charge in [-0.1, -0.05) is 57.0 Å². The molecule has 0 saturated carbocycles. The molecule has 0 radical (unpaired) electrons. The number of unbranched alkanes of at least 4 members (excludes halogenated alkanes) is 1. The minimum Gasteiger partial charge on any atom is -0.463 e. The van der Waals surface area contributed by atoms with E-state index in [2.05, 4.69) is 6.92 Å². The highest BCUT2D eigenvalue weighted by molar-refractivity contribution is 5.78. The maximum absolute atomic E-state index is 12.5. The number of ether oxygens (including phenoxy) is 2. The molecule has 0 amide bonds. The van der Waals surface area contributed by atoms with Crippen LogP contribution in [0.4, 0.5) is 0 Å². The van der Waals surface area contributed by atoms with E-state index in [1.54, 1.807) is 0 Å². The third-order valence-corrected chi connectivity index (χ3v) is 4.25. The molecule has 0 heterocycles. The van der Waals surface area contributed by atoms with Gasteiger partial charge in [0, 0.05) is 5.92 Å². The van der Waals surface area contributed by atoms with Gasteiger partial charge in [0.25, 0.3) is 0 Å². The van der Waals surface area contributed by atoms with Crippen molar-refractivity contribution in [2.75, 3.05) is 0 Å². The summed E-state index contributed by atoms with van der Waals surface area (Å²) in [6, 6.07) is 9.61. The second-order valence-corrected chi connectivity index (χ2v) is 6.97. The van der Waals surface area contributed by atoms with Gasteiger partial charge in [-0.3, -0.25) is 9.59 Å². The molecule has 4 nitrogen and oxygen atoms in total. The minimum absolute atomic E-state index is 0.0651. The van der Waals surface area contributed by atoms with E-state index >= 15 is 0 Å². The molecule has 0 aliphatic rings. The highest BCUT2D eigenvalue weighted by Gasteiger charge is 2.27. The zero-order valence-corrected chi connectivity index (χ0v) is 16.2. The van der Waals surface area contributed by atoms with Crippen LogP contribution in [-0.2, 0) is 19.1 Å². The Morgan fingerprint density at radius 1 is 1.00 bits per heavy atom. The van der Waals surface area contributed by atoms with Crippen LogP contribution in [0, 0.1) is 5.92 Å². The maximum Gasteiger partial charge on any atom is 0.313 e. The minimum atomic E-state index is -0.319. The zero-order chi connectivity index (χ0) is 18.8. The van der Waals surface area contributed by atoms with Gasteiger partial charge in [-0.25, -0.2) is 0 Å². The van der Waals surface area contributed by atoms with E-state index in [0.29, 0.717) is 0 Å². The summed E-state index contributed by atoms with van der Waals surface area (Å²) in [5.41, 5.74) is 0.939. The Labute approximate surface area is 151 Å². The first-order chi connectivity index (χ1) is 11.8. The lowest BCUT2D eigenvalue weighted by atomic mass is 9.95. The fraction of sp³-hybridized carbons (Fsp3) is 0.619. The summed E-state index contributed by atoms with van der Waals surface area (Å²) in [4.78, 5) is 24.5. The van der Waals surface area contributed by atoms with Gasteiger partial charge in [0.2, 0.25) is 0 Å². The molecular formula is C21H32O4. The molecule has 4 heteroatoms. The molecule has 0 fully saturated rings. The van der Waals surface area contributed by atoms with Crippen molar-refractivity contribution in [1.29, 1.82) is 0 Å². The van der Waals surface area contributed by atoms with E-state index in [4.69, 9.17) is 9.47 Å². The number of hydrogen-bond donors (Lipinski definition) is 0. The van der Waals surface area contributed by atoms with Gasteiger partial charge in [0.05, 0.1) is 18.4 Å². The van der Waals surface area contributed by atoms with Gasteiger partial charge in [0.15, 0.2) is 0 Å². The average Bonchev–Trinajstić information content (AvgIpc) is 2.57. The lowest BCUT2D eigenvalue weighted by Gasteiger charge is -2.25. The van der Waals surface area contributed by atoms with Crippen LogP contribution in [-0.4, -0.2) is 24.1 Å². The first kappa shape index (κ1) is 21.2. The van der Waals surface area contributed by atoms with Crippen LogP contribution in [0.3, 0.4) is 0 Å². The topological polar surface area (TPSA) is 52.6 Å². The number of rotatable bonds is 10. The molecule has 1 aromatic carbocycles. The van der Waals surface area contributed by atoms with Crippen molar-refractivity contribution in [3.8, 4) is 0 Å². The van der Waals surface area contributed by atoms with Gasteiger partial charge in [-0.2, -0.15) is 0 Å². The second-order valence-electron chi connectivity index (χ2n) is 6.97. The molecule has 0 aliphatic carbocycles. The summed E-state index contributed by atoms with van der Waals surface area (Å²) in [5.74, 6) is -0.864. The van der Waals surface area contributed by atoms with Gasteiger partial charge in [-0.05, 0) is 32.8 Å². The summed E-state index contributed by atoms with van der Waals surface area (Å²) in [7, 11) is 0. The Kier molecular flexibility index (Phi) is 9.25. The molecule has 0 bridgehead atoms. The monoisotopic (exact) mass is 348 g/mol. The van der Waals surface area contributed by atoms with Crippen molar-refractivity contribution in [2.24, 2.45) is 5.92 Å². The van der Waals surface area contributed by atoms with Crippen LogP contribution < -0.4 is 0 Å². The Morgan fingerprint density at radius 2 is 1.64 bits per heavy atom. The van der Waals surface area contributed by atoms with Crippen LogP contribution in [0.15, 0.2) is 30.3 Å². The molecule has 0 aliphatic heterocycles. The van der Waals surface area contributed by atoms with Crippen LogP contribution in [0.2, 0.25) is 0 Å². The first-order valence-corrected chi connectivity index (χ1v) is 9.30. The highest BCUT2D eigenvalue weighted by atomic mass is 16.5. The van der Waals surface area contributed by atoms with Crippen molar-refractivity contribution in [3.05, 3.63) is 35.9 Å². The van der Waals surface area contributed by atoms with E-state index in [1.807, 2.05) is 58.0 Å². The molecule has 0 saturated heterocycles. The SMILES string of the molecule is CCCC[C@H](OC(=O)[C@H](C)c1ccccc1)[C@@H](C)CC(=O)OC(C)C. The van der Waals surface area contributed by atoms with Crippen molar-refractivity contribution >= 4 is 11.9 Å². The van der Waals surface area contributed by atoms with Crippen molar-refractivity contribution in [1.82, 2.24) is 0 Å². The summed E-state index contributed by atoms with van der Waals surface area (Å²) in [5, 5.41) is 0. The molecule has 0 aromatic heterocycles. The molecule has 0 unspecified atom stereocenters. The van der Waals surface area contributed by atoms with E-state index in [-0.39, 0.29) is 42.4 Å². The molecule has 3 atom stereocenters. The first-order valence-electron chi connectivity index (χ1n) is 9.30. The van der Waals surface area contributed by atoms with Gasteiger partial charge < -0.3 is 9.47 Å². The molecule has 25 heavy (non-hydrogen) atoms. The Bertz CT molecular complexity index is 524. The number of hydrogen-bond acceptors (Lipinski definition) is 4. The third-order valence-electron chi connectivity index (χ3n) is 4.25. The quantitative estimate of drug-likeness (QED) is 0.566. The Morgan fingerprint density at radius 3 is 2.20 bits per heavy atom. The van der Waals surface area contributed by atoms with Gasteiger partial charge in [0.1, 0.15) is 6.10 Å². The predicted octanol–water partition coefficient (Wildman–Crippen LogP) is 4.87. The zero-order valence-electron chi connectivity index (χ0n) is 16.2. The maximum atomic E-state index is 12.5. The number of esters is 2. The molecule has 140 valence electrons. The number of benzene rings is 1. The fourth-order valence-corrected chi connectivity index (χ4v) is 2.70. The van der Waals surface area contributed by atoms with Gasteiger partial charge >= 0.3 is 11.9 Å². The molecule has 0 N–H and O–H groups in total. The lowest BCUT2D eigenvalue weighted by Crippen LogP contribution is -2.30. The van der Waals surface area contributed by atoms with Gasteiger partial charge in [-0.15, -0.1) is 0 Å². The fourth-order valence-electron chi connectivity index (χ4n) is 2.70. The number of carbonyl (C=O) groups is 2. The van der Waals surface area contributed by atoms with Crippen molar-refractivity contribution in [2.45, 2.75) is 78.4 Å². The standard InChI is InChI=1S/C21H32O4/c1-6-7-13-19(16(4)14-20(22)24-15(2)3)25-21(23)17(5)18-11-9-8-10-12-18/h8-12,15-17,19H,6-7,13-14H2,1-5H3/t16-,17+,19-/m0/s1. The summed E-state index contributed by atoms with van der Waals surface area (Å²) in [6.07, 6.45) is 2.61. The van der Waals surface area contributed by atoms with E-state index in [1.165, 1.54) is 0 Å². The molecular weight excluding hydrogens is 316 g/mol. The predicted molar refractivity (Wildman–Crippen MR) is 99.3 cm³/mol. The van der Waals surface area contributed by atoms with Crippen molar-refractivity contribution in [3.63, 3.8) is 0 Å². The lowest BCUT2D eigenvalue weighted by molar-refractivity contribution is -0.158. The van der Waals surface area contributed by atoms with Crippen LogP contribution >= 0.6 is 0 Å². The highest BCUT2D eigenvalue weighted by Crippen LogP contribution is 2.23. The Balaban J connectivity index is 2.70.